The van der Waals surface area contributed by atoms with Crippen molar-refractivity contribution in [1.29, 1.82) is 0 Å². The van der Waals surface area contributed by atoms with Crippen molar-refractivity contribution in [2.75, 3.05) is 6.54 Å². The molecule has 2 N–H and O–H groups in total. The summed E-state index contributed by atoms with van der Waals surface area (Å²) in [4.78, 5) is 0. The highest BCUT2D eigenvalue weighted by molar-refractivity contribution is 7.86. The molecule has 0 spiro atoms. The van der Waals surface area contributed by atoms with Crippen LogP contribution in [0.4, 0.5) is 0 Å². The topological polar surface area (TPSA) is 63.4 Å². The van der Waals surface area contributed by atoms with Crippen molar-refractivity contribution < 1.29 is 8.42 Å². The molecular formula is C7H16N2O2S. The van der Waals surface area contributed by atoms with E-state index in [0.717, 1.165) is 0 Å². The molecule has 4 nitrogen and oxygen atoms in total. The van der Waals surface area contributed by atoms with E-state index >= 15 is 0 Å². The number of nitrogens with two attached hydrogens (primary N) is 1. The van der Waals surface area contributed by atoms with Crippen LogP contribution < -0.4 is 5.14 Å². The molecule has 0 aromatic rings. The fraction of sp³-hybridized carbons (Fsp3) is 0.714. The van der Waals surface area contributed by atoms with E-state index in [-0.39, 0.29) is 6.04 Å². The lowest BCUT2D eigenvalue weighted by Crippen LogP contribution is -2.42. The Kier molecular flexibility index (Phi) is 4.44. The maximum absolute atomic E-state index is 10.9. The normalized spacial score (nSPS) is 14.7. The van der Waals surface area contributed by atoms with Crippen molar-refractivity contribution in [2.24, 2.45) is 5.14 Å². The third-order valence-electron chi connectivity index (χ3n) is 1.64. The Morgan fingerprint density at radius 1 is 1.67 bits per heavy atom. The standard InChI is InChI=1S/C7H16N2O2S/c1-4-6-7(3)9(5-2)12(8,10)11/h4,7H,1,5-6H2,2-3H3,(H2,8,10,11)/t7-/m0/s1. The highest BCUT2D eigenvalue weighted by Gasteiger charge is 2.20. The van der Waals surface area contributed by atoms with Gasteiger partial charge in [0.1, 0.15) is 0 Å². The van der Waals surface area contributed by atoms with Crippen molar-refractivity contribution in [3.63, 3.8) is 0 Å². The Bertz CT molecular complexity index is 236. The summed E-state index contributed by atoms with van der Waals surface area (Å²) >= 11 is 0. The Hall–Kier alpha value is -0.390. The molecule has 0 heterocycles. The second kappa shape index (κ2) is 4.59. The van der Waals surface area contributed by atoms with Crippen molar-refractivity contribution >= 4 is 10.2 Å². The minimum atomic E-state index is -3.55. The van der Waals surface area contributed by atoms with E-state index in [9.17, 15) is 8.42 Å². The SMILES string of the molecule is C=CC[C@H](C)N(CC)S(N)(=O)=O. The van der Waals surface area contributed by atoms with Gasteiger partial charge in [-0.1, -0.05) is 13.0 Å². The summed E-state index contributed by atoms with van der Waals surface area (Å²) in [5.41, 5.74) is 0. The van der Waals surface area contributed by atoms with E-state index in [4.69, 9.17) is 5.14 Å². The lowest BCUT2D eigenvalue weighted by molar-refractivity contribution is 0.352. The van der Waals surface area contributed by atoms with Gasteiger partial charge in [0.15, 0.2) is 0 Å². The molecule has 0 aromatic heterocycles. The summed E-state index contributed by atoms with van der Waals surface area (Å²) in [6.07, 6.45) is 2.29. The van der Waals surface area contributed by atoms with Gasteiger partial charge in [-0.2, -0.15) is 12.7 Å². The first-order valence-corrected chi connectivity index (χ1v) is 5.34. The summed E-state index contributed by atoms with van der Waals surface area (Å²) in [5, 5.41) is 4.99. The molecule has 72 valence electrons. The first-order chi connectivity index (χ1) is 5.43. The van der Waals surface area contributed by atoms with Gasteiger partial charge in [0, 0.05) is 12.6 Å². The van der Waals surface area contributed by atoms with Crippen LogP contribution in [0.3, 0.4) is 0 Å². The molecule has 0 unspecified atom stereocenters. The summed E-state index contributed by atoms with van der Waals surface area (Å²) in [7, 11) is -3.55. The lowest BCUT2D eigenvalue weighted by Gasteiger charge is -2.23. The monoisotopic (exact) mass is 192 g/mol. The maximum atomic E-state index is 10.9. The second-order valence-electron chi connectivity index (χ2n) is 2.62. The zero-order valence-corrected chi connectivity index (χ0v) is 8.34. The average molecular weight is 192 g/mol. The van der Waals surface area contributed by atoms with Crippen LogP contribution in [0.2, 0.25) is 0 Å². The smallest absolute Gasteiger partial charge is 0.216 e. The van der Waals surface area contributed by atoms with Crippen molar-refractivity contribution in [2.45, 2.75) is 26.3 Å². The Morgan fingerprint density at radius 2 is 2.17 bits per heavy atom. The van der Waals surface area contributed by atoms with Gasteiger partial charge >= 0.3 is 0 Å². The Labute approximate surface area is 74.2 Å². The molecular weight excluding hydrogens is 176 g/mol. The molecule has 5 heteroatoms. The van der Waals surface area contributed by atoms with Gasteiger partial charge in [-0.05, 0) is 13.3 Å². The lowest BCUT2D eigenvalue weighted by atomic mass is 10.2. The summed E-state index contributed by atoms with van der Waals surface area (Å²) in [5.74, 6) is 0. The molecule has 0 bridgehead atoms. The van der Waals surface area contributed by atoms with Gasteiger partial charge in [-0.25, -0.2) is 5.14 Å². The third-order valence-corrected chi connectivity index (χ3v) is 2.91. The number of hydrogen-bond donors (Lipinski definition) is 1. The summed E-state index contributed by atoms with van der Waals surface area (Å²) < 4.78 is 23.1. The van der Waals surface area contributed by atoms with Crippen LogP contribution in [-0.4, -0.2) is 25.3 Å². The minimum Gasteiger partial charge on any atom is -0.216 e. The zero-order chi connectivity index (χ0) is 9.78. The molecule has 0 aliphatic rings. The fourth-order valence-corrected chi connectivity index (χ4v) is 2.05. The van der Waals surface area contributed by atoms with Gasteiger partial charge in [0.05, 0.1) is 0 Å². The van der Waals surface area contributed by atoms with Crippen molar-refractivity contribution in [1.82, 2.24) is 4.31 Å². The molecule has 0 amide bonds. The van der Waals surface area contributed by atoms with Crippen LogP contribution in [0.1, 0.15) is 20.3 Å². The van der Waals surface area contributed by atoms with Crippen LogP contribution >= 0.6 is 0 Å². The van der Waals surface area contributed by atoms with Crippen molar-refractivity contribution in [3.05, 3.63) is 12.7 Å². The fourth-order valence-electron chi connectivity index (χ4n) is 1.10. The van der Waals surface area contributed by atoms with E-state index in [1.54, 1.807) is 19.9 Å². The molecule has 0 rings (SSSR count). The Balaban J connectivity index is 4.45. The molecule has 0 aliphatic heterocycles. The van der Waals surface area contributed by atoms with Gasteiger partial charge in [0.2, 0.25) is 0 Å². The molecule has 0 radical (unpaired) electrons. The highest BCUT2D eigenvalue weighted by atomic mass is 32.2. The van der Waals surface area contributed by atoms with Crippen LogP contribution in [0.5, 0.6) is 0 Å². The van der Waals surface area contributed by atoms with Crippen LogP contribution in [0, 0.1) is 0 Å². The van der Waals surface area contributed by atoms with Crippen molar-refractivity contribution in [3.8, 4) is 0 Å². The minimum absolute atomic E-state index is 0.109. The highest BCUT2D eigenvalue weighted by Crippen LogP contribution is 2.06. The largest absolute Gasteiger partial charge is 0.277 e. The maximum Gasteiger partial charge on any atom is 0.277 e. The van der Waals surface area contributed by atoms with E-state index in [1.807, 2.05) is 0 Å². The number of nitrogens with zero attached hydrogens (tertiary/aromatic N) is 1. The summed E-state index contributed by atoms with van der Waals surface area (Å²) in [6, 6.07) is -0.109. The van der Waals surface area contributed by atoms with Gasteiger partial charge < -0.3 is 0 Å². The zero-order valence-electron chi connectivity index (χ0n) is 7.53. The van der Waals surface area contributed by atoms with Gasteiger partial charge in [-0.3, -0.25) is 0 Å². The quantitative estimate of drug-likeness (QED) is 0.644. The van der Waals surface area contributed by atoms with Crippen LogP contribution in [0.25, 0.3) is 0 Å². The van der Waals surface area contributed by atoms with E-state index < -0.39 is 10.2 Å². The first kappa shape index (κ1) is 11.6. The summed E-state index contributed by atoms with van der Waals surface area (Å²) in [6.45, 7) is 7.49. The predicted molar refractivity (Wildman–Crippen MR) is 49.8 cm³/mol. The molecule has 0 aromatic carbocycles. The van der Waals surface area contributed by atoms with E-state index in [0.29, 0.717) is 13.0 Å². The van der Waals surface area contributed by atoms with Gasteiger partial charge in [0.25, 0.3) is 10.2 Å². The first-order valence-electron chi connectivity index (χ1n) is 3.84. The average Bonchev–Trinajstić information content (AvgIpc) is 1.85. The van der Waals surface area contributed by atoms with E-state index in [2.05, 4.69) is 6.58 Å². The molecule has 0 saturated heterocycles. The second-order valence-corrected chi connectivity index (χ2v) is 4.12. The molecule has 0 aliphatic carbocycles. The van der Waals surface area contributed by atoms with Gasteiger partial charge in [-0.15, -0.1) is 6.58 Å². The Morgan fingerprint density at radius 3 is 2.42 bits per heavy atom. The molecule has 0 fully saturated rings. The van der Waals surface area contributed by atoms with E-state index in [1.165, 1.54) is 4.31 Å². The number of rotatable bonds is 5. The molecule has 1 atom stereocenters. The predicted octanol–water partition coefficient (Wildman–Crippen LogP) is 0.476. The molecule has 0 saturated carbocycles. The molecule has 12 heavy (non-hydrogen) atoms. The third kappa shape index (κ3) is 3.34. The number of hydrogen-bond acceptors (Lipinski definition) is 2. The van der Waals surface area contributed by atoms with Crippen LogP contribution in [0.15, 0.2) is 12.7 Å². The van der Waals surface area contributed by atoms with Crippen LogP contribution in [-0.2, 0) is 10.2 Å².